The van der Waals surface area contributed by atoms with Crippen molar-refractivity contribution in [1.82, 2.24) is 5.09 Å². The van der Waals surface area contributed by atoms with Crippen molar-refractivity contribution in [3.63, 3.8) is 0 Å². The van der Waals surface area contributed by atoms with Gasteiger partial charge in [0, 0.05) is 6.16 Å². The van der Waals surface area contributed by atoms with Gasteiger partial charge in [0.1, 0.15) is 0 Å². The first-order valence-electron chi connectivity index (χ1n) is 3.50. The summed E-state index contributed by atoms with van der Waals surface area (Å²) in [7, 11) is -0.828. The van der Waals surface area contributed by atoms with Gasteiger partial charge in [-0.2, -0.15) is 0 Å². The molecular weight excluding hydrogens is 149 g/mol. The fourth-order valence-electron chi connectivity index (χ4n) is 0.626. The van der Waals surface area contributed by atoms with Gasteiger partial charge in [-0.3, -0.25) is 4.57 Å². The molecule has 0 aliphatic carbocycles. The monoisotopic (exact) mass is 165 g/mol. The highest BCUT2D eigenvalue weighted by atomic mass is 31.2. The molecule has 1 N–H and O–H groups in total. The van der Waals surface area contributed by atoms with Gasteiger partial charge in [-0.25, -0.2) is 5.09 Å². The fourth-order valence-corrected chi connectivity index (χ4v) is 1.88. The average molecular weight is 165 g/mol. The molecule has 10 heavy (non-hydrogen) atoms. The first-order valence-corrected chi connectivity index (χ1v) is 5.31. The van der Waals surface area contributed by atoms with Crippen molar-refractivity contribution in [2.75, 3.05) is 13.2 Å². The molecule has 4 heteroatoms. The highest BCUT2D eigenvalue weighted by Gasteiger charge is 2.18. The van der Waals surface area contributed by atoms with Gasteiger partial charge < -0.3 is 4.52 Å². The van der Waals surface area contributed by atoms with Crippen LogP contribution in [0.2, 0.25) is 0 Å². The van der Waals surface area contributed by atoms with E-state index in [1.54, 1.807) is 7.05 Å². The van der Waals surface area contributed by atoms with E-state index in [4.69, 9.17) is 4.52 Å². The van der Waals surface area contributed by atoms with Gasteiger partial charge in [0.2, 0.25) is 0 Å². The van der Waals surface area contributed by atoms with Crippen molar-refractivity contribution in [1.29, 1.82) is 0 Å². The molecule has 0 heterocycles. The SMILES string of the molecule is CC[P@](=O)(NC)OC(C)C. The molecule has 0 spiro atoms. The quantitative estimate of drug-likeness (QED) is 0.646. The molecule has 0 aliphatic rings. The maximum atomic E-state index is 11.4. The Morgan fingerprint density at radius 3 is 2.20 bits per heavy atom. The second kappa shape index (κ2) is 4.12. The van der Waals surface area contributed by atoms with Gasteiger partial charge in [0.15, 0.2) is 0 Å². The minimum Gasteiger partial charge on any atom is -0.315 e. The molecule has 1 atom stereocenters. The molecule has 0 aliphatic heterocycles. The summed E-state index contributed by atoms with van der Waals surface area (Å²) in [4.78, 5) is 0. The lowest BCUT2D eigenvalue weighted by Crippen LogP contribution is -2.12. The summed E-state index contributed by atoms with van der Waals surface area (Å²) in [5.41, 5.74) is 0. The third-order valence-electron chi connectivity index (χ3n) is 1.14. The first kappa shape index (κ1) is 10.2. The summed E-state index contributed by atoms with van der Waals surface area (Å²) >= 11 is 0. The highest BCUT2D eigenvalue weighted by molar-refractivity contribution is 7.56. The number of hydrogen-bond acceptors (Lipinski definition) is 2. The van der Waals surface area contributed by atoms with E-state index in [1.165, 1.54) is 0 Å². The van der Waals surface area contributed by atoms with E-state index in [1.807, 2.05) is 20.8 Å². The molecule has 0 aromatic carbocycles. The van der Waals surface area contributed by atoms with Crippen LogP contribution in [-0.4, -0.2) is 19.3 Å². The second-order valence-corrected chi connectivity index (χ2v) is 5.00. The van der Waals surface area contributed by atoms with Gasteiger partial charge in [-0.05, 0) is 20.9 Å². The third-order valence-corrected chi connectivity index (χ3v) is 3.41. The van der Waals surface area contributed by atoms with Crippen LogP contribution >= 0.6 is 7.52 Å². The van der Waals surface area contributed by atoms with E-state index in [0.29, 0.717) is 6.16 Å². The van der Waals surface area contributed by atoms with Crippen molar-refractivity contribution in [2.45, 2.75) is 26.9 Å². The van der Waals surface area contributed by atoms with Gasteiger partial charge in [-0.15, -0.1) is 0 Å². The lowest BCUT2D eigenvalue weighted by molar-refractivity contribution is 0.240. The van der Waals surface area contributed by atoms with Crippen molar-refractivity contribution in [3.05, 3.63) is 0 Å². The minimum atomic E-state index is -2.49. The van der Waals surface area contributed by atoms with E-state index >= 15 is 0 Å². The van der Waals surface area contributed by atoms with Crippen LogP contribution in [0.5, 0.6) is 0 Å². The topological polar surface area (TPSA) is 38.3 Å². The molecule has 0 rings (SSSR count). The van der Waals surface area contributed by atoms with Crippen molar-refractivity contribution < 1.29 is 9.09 Å². The summed E-state index contributed by atoms with van der Waals surface area (Å²) in [6.45, 7) is 5.60. The molecule has 0 aromatic heterocycles. The van der Waals surface area contributed by atoms with Crippen molar-refractivity contribution >= 4 is 7.52 Å². The van der Waals surface area contributed by atoms with Gasteiger partial charge in [-0.1, -0.05) is 6.92 Å². The Morgan fingerprint density at radius 1 is 1.60 bits per heavy atom. The standard InChI is InChI=1S/C6H16NO2P/c1-5-10(8,7-4)9-6(2)3/h6H,5H2,1-4H3,(H,7,8)/t10-/m1/s1. The van der Waals surface area contributed by atoms with Gasteiger partial charge >= 0.3 is 0 Å². The van der Waals surface area contributed by atoms with E-state index in [9.17, 15) is 4.57 Å². The van der Waals surface area contributed by atoms with Gasteiger partial charge in [0.25, 0.3) is 7.52 Å². The summed E-state index contributed by atoms with van der Waals surface area (Å²) < 4.78 is 16.6. The predicted molar refractivity (Wildman–Crippen MR) is 43.4 cm³/mol. The van der Waals surface area contributed by atoms with E-state index < -0.39 is 7.52 Å². The summed E-state index contributed by atoms with van der Waals surface area (Å²) in [5.74, 6) is 0. The Kier molecular flexibility index (Phi) is 4.18. The van der Waals surface area contributed by atoms with Crippen LogP contribution in [0, 0.1) is 0 Å². The van der Waals surface area contributed by atoms with Crippen LogP contribution in [0.25, 0.3) is 0 Å². The number of rotatable bonds is 4. The smallest absolute Gasteiger partial charge is 0.269 e. The minimum absolute atomic E-state index is 0.0261. The van der Waals surface area contributed by atoms with E-state index in [2.05, 4.69) is 5.09 Å². The Hall–Kier alpha value is 0.150. The Balaban J connectivity index is 3.94. The normalized spacial score (nSPS) is 17.3. The molecule has 0 fully saturated rings. The molecule has 0 saturated heterocycles. The number of nitrogens with one attached hydrogen (secondary N) is 1. The predicted octanol–water partition coefficient (Wildman–Crippen LogP) is 1.84. The zero-order valence-electron chi connectivity index (χ0n) is 7.05. The summed E-state index contributed by atoms with van der Waals surface area (Å²) in [5, 5.41) is 2.69. The third kappa shape index (κ3) is 3.35. The van der Waals surface area contributed by atoms with Crippen molar-refractivity contribution in [3.8, 4) is 0 Å². The first-order chi connectivity index (χ1) is 4.54. The Bertz CT molecular complexity index is 128. The number of hydrogen-bond donors (Lipinski definition) is 1. The van der Waals surface area contributed by atoms with Crippen LogP contribution in [-0.2, 0) is 9.09 Å². The average Bonchev–Trinajstić information content (AvgIpc) is 1.87. The molecule has 0 saturated carbocycles. The molecule has 0 unspecified atom stereocenters. The van der Waals surface area contributed by atoms with Crippen LogP contribution in [0.3, 0.4) is 0 Å². The van der Waals surface area contributed by atoms with Gasteiger partial charge in [0.05, 0.1) is 6.10 Å². The molecule has 0 bridgehead atoms. The Morgan fingerprint density at radius 2 is 2.10 bits per heavy atom. The largest absolute Gasteiger partial charge is 0.315 e. The maximum absolute atomic E-state index is 11.4. The summed E-state index contributed by atoms with van der Waals surface area (Å²) in [6.07, 6.45) is 0.569. The van der Waals surface area contributed by atoms with Crippen LogP contribution in [0.4, 0.5) is 0 Å². The second-order valence-electron chi connectivity index (χ2n) is 2.37. The van der Waals surface area contributed by atoms with Crippen LogP contribution < -0.4 is 5.09 Å². The van der Waals surface area contributed by atoms with Crippen molar-refractivity contribution in [2.24, 2.45) is 0 Å². The zero-order valence-corrected chi connectivity index (χ0v) is 7.94. The fraction of sp³-hybridized carbons (Fsp3) is 1.00. The highest BCUT2D eigenvalue weighted by Crippen LogP contribution is 2.41. The molecule has 0 radical (unpaired) electrons. The lowest BCUT2D eigenvalue weighted by Gasteiger charge is -2.17. The van der Waals surface area contributed by atoms with Crippen LogP contribution in [0.15, 0.2) is 0 Å². The lowest BCUT2D eigenvalue weighted by atomic mass is 10.5. The zero-order chi connectivity index (χ0) is 8.20. The summed E-state index contributed by atoms with van der Waals surface area (Å²) in [6, 6.07) is 0. The van der Waals surface area contributed by atoms with E-state index in [0.717, 1.165) is 0 Å². The maximum Gasteiger partial charge on any atom is 0.269 e. The molecular formula is C6H16NO2P. The van der Waals surface area contributed by atoms with Crippen LogP contribution in [0.1, 0.15) is 20.8 Å². The molecule has 62 valence electrons. The molecule has 0 aromatic rings. The molecule has 0 amide bonds. The van der Waals surface area contributed by atoms with E-state index in [-0.39, 0.29) is 6.10 Å². The Labute approximate surface area is 62.7 Å². The molecule has 3 nitrogen and oxygen atoms in total.